The predicted octanol–water partition coefficient (Wildman–Crippen LogP) is 3.41. The smallest absolute Gasteiger partial charge is 0.228 e. The van der Waals surface area contributed by atoms with E-state index in [-0.39, 0.29) is 29.6 Å². The number of methoxy groups -OCH3 is 1. The van der Waals surface area contributed by atoms with Crippen LogP contribution in [0.4, 0.5) is 5.69 Å². The fourth-order valence-corrected chi connectivity index (χ4v) is 3.50. The molecule has 6 heteroatoms. The fourth-order valence-electron chi connectivity index (χ4n) is 3.35. The summed E-state index contributed by atoms with van der Waals surface area (Å²) in [6.45, 7) is 3.96. The Bertz CT molecular complexity index is 572. The highest BCUT2D eigenvalue weighted by Crippen LogP contribution is 2.58. The molecule has 2 N–H and O–H groups in total. The lowest BCUT2D eigenvalue weighted by atomic mass is 9.92. The van der Waals surface area contributed by atoms with Gasteiger partial charge in [0.2, 0.25) is 5.91 Å². The summed E-state index contributed by atoms with van der Waals surface area (Å²) >= 11 is 6.09. The van der Waals surface area contributed by atoms with Gasteiger partial charge >= 0.3 is 0 Å². The van der Waals surface area contributed by atoms with E-state index in [1.54, 1.807) is 13.2 Å². The number of ether oxygens (including phenoxy) is 1. The zero-order valence-corrected chi connectivity index (χ0v) is 14.4. The maximum atomic E-state index is 12.5. The minimum atomic E-state index is 0. The van der Waals surface area contributed by atoms with Crippen LogP contribution in [-0.2, 0) is 4.79 Å². The van der Waals surface area contributed by atoms with Crippen LogP contribution in [0.2, 0.25) is 5.02 Å². The number of anilines is 1. The zero-order valence-electron chi connectivity index (χ0n) is 12.9. The molecule has 1 aromatic rings. The molecule has 1 saturated carbocycles. The Morgan fingerprint density at radius 1 is 1.41 bits per heavy atom. The number of halogens is 2. The first-order valence-electron chi connectivity index (χ1n) is 7.41. The average molecular weight is 345 g/mol. The fraction of sp³-hybridized carbons (Fsp3) is 0.562. The Labute approximate surface area is 142 Å². The van der Waals surface area contributed by atoms with Crippen LogP contribution in [0.3, 0.4) is 0 Å². The van der Waals surface area contributed by atoms with Crippen molar-refractivity contribution in [3.8, 4) is 5.75 Å². The normalized spacial score (nSPS) is 21.9. The van der Waals surface area contributed by atoms with Crippen molar-refractivity contribution in [2.24, 2.45) is 11.3 Å². The van der Waals surface area contributed by atoms with Gasteiger partial charge in [-0.15, -0.1) is 12.4 Å². The predicted molar refractivity (Wildman–Crippen MR) is 91.3 cm³/mol. The third-order valence-corrected chi connectivity index (χ3v) is 5.25. The molecule has 1 heterocycles. The van der Waals surface area contributed by atoms with E-state index in [4.69, 9.17) is 16.3 Å². The van der Waals surface area contributed by atoms with Crippen molar-refractivity contribution >= 4 is 35.6 Å². The first kappa shape index (κ1) is 17.4. The highest BCUT2D eigenvalue weighted by Gasteiger charge is 2.57. The van der Waals surface area contributed by atoms with Crippen LogP contribution in [0.1, 0.15) is 24.8 Å². The average Bonchev–Trinajstić information content (AvgIpc) is 3.17. The number of hydrogen-bond acceptors (Lipinski definition) is 3. The van der Waals surface area contributed by atoms with Crippen molar-refractivity contribution in [2.45, 2.75) is 26.2 Å². The van der Waals surface area contributed by atoms with E-state index >= 15 is 0 Å². The van der Waals surface area contributed by atoms with E-state index in [2.05, 4.69) is 10.6 Å². The maximum absolute atomic E-state index is 12.5. The van der Waals surface area contributed by atoms with Crippen molar-refractivity contribution in [2.75, 3.05) is 25.5 Å². The molecule has 22 heavy (non-hydrogen) atoms. The van der Waals surface area contributed by atoms with E-state index in [0.29, 0.717) is 16.5 Å². The van der Waals surface area contributed by atoms with Gasteiger partial charge in [-0.05, 0) is 56.3 Å². The lowest BCUT2D eigenvalue weighted by Gasteiger charge is -2.23. The summed E-state index contributed by atoms with van der Waals surface area (Å²) in [7, 11) is 1.59. The number of nitrogens with one attached hydrogen (secondary N) is 2. The summed E-state index contributed by atoms with van der Waals surface area (Å²) in [5, 5.41) is 7.02. The number of rotatable bonds is 3. The highest BCUT2D eigenvalue weighted by molar-refractivity contribution is 6.31. The standard InChI is InChI=1S/C16H21ClN2O2.ClH/c1-10-7-13(14(21-2)8-12(10)17)19-15(20)11-9-16(11)3-5-18-6-4-16;/h7-8,11,18H,3-6,9H2,1-2H3,(H,19,20);1H. The first-order valence-corrected chi connectivity index (χ1v) is 7.79. The first-order chi connectivity index (χ1) is 10.1. The van der Waals surface area contributed by atoms with Crippen molar-refractivity contribution in [3.63, 3.8) is 0 Å². The molecule has 3 rings (SSSR count). The SMILES string of the molecule is COc1cc(Cl)c(C)cc1NC(=O)C1CC12CCNCC2.Cl. The van der Waals surface area contributed by atoms with Gasteiger partial charge in [0.05, 0.1) is 12.8 Å². The molecule has 1 aliphatic heterocycles. The summed E-state index contributed by atoms with van der Waals surface area (Å²) < 4.78 is 5.31. The number of amides is 1. The molecule has 4 nitrogen and oxygen atoms in total. The number of aryl methyl sites for hydroxylation is 1. The topological polar surface area (TPSA) is 50.4 Å². The Balaban J connectivity index is 0.00000176. The Hall–Kier alpha value is -0.970. The molecule has 2 fully saturated rings. The molecule has 1 saturated heterocycles. The lowest BCUT2D eigenvalue weighted by molar-refractivity contribution is -0.118. The van der Waals surface area contributed by atoms with Gasteiger partial charge in [-0.3, -0.25) is 4.79 Å². The molecular formula is C16H22Cl2N2O2. The molecule has 0 aromatic heterocycles. The molecule has 0 radical (unpaired) electrons. The largest absolute Gasteiger partial charge is 0.495 e. The molecule has 1 aromatic carbocycles. The van der Waals surface area contributed by atoms with Gasteiger partial charge in [-0.1, -0.05) is 11.6 Å². The quantitative estimate of drug-likeness (QED) is 0.883. The molecule has 0 bridgehead atoms. The van der Waals surface area contributed by atoms with Crippen LogP contribution in [0.5, 0.6) is 5.75 Å². The Morgan fingerprint density at radius 3 is 2.73 bits per heavy atom. The van der Waals surface area contributed by atoms with Crippen LogP contribution < -0.4 is 15.4 Å². The van der Waals surface area contributed by atoms with Crippen LogP contribution in [0.15, 0.2) is 12.1 Å². The van der Waals surface area contributed by atoms with E-state index < -0.39 is 0 Å². The van der Waals surface area contributed by atoms with Gasteiger partial charge in [0.15, 0.2) is 0 Å². The van der Waals surface area contributed by atoms with Crippen molar-refractivity contribution in [3.05, 3.63) is 22.7 Å². The van der Waals surface area contributed by atoms with Crippen LogP contribution >= 0.6 is 24.0 Å². The number of benzene rings is 1. The van der Waals surface area contributed by atoms with Gasteiger partial charge in [0, 0.05) is 17.0 Å². The molecule has 1 aliphatic carbocycles. The molecule has 1 amide bonds. The minimum Gasteiger partial charge on any atom is -0.495 e. The number of hydrogen-bond donors (Lipinski definition) is 2. The number of carbonyl (C=O) groups is 1. The molecular weight excluding hydrogens is 323 g/mol. The molecule has 2 aliphatic rings. The van der Waals surface area contributed by atoms with Crippen LogP contribution in [0, 0.1) is 18.3 Å². The maximum Gasteiger partial charge on any atom is 0.228 e. The third-order valence-electron chi connectivity index (χ3n) is 4.84. The highest BCUT2D eigenvalue weighted by atomic mass is 35.5. The minimum absolute atomic E-state index is 0. The van der Waals surface area contributed by atoms with Crippen molar-refractivity contribution in [1.29, 1.82) is 0 Å². The summed E-state index contributed by atoms with van der Waals surface area (Å²) in [5.74, 6) is 0.858. The molecule has 1 atom stereocenters. The third kappa shape index (κ3) is 3.19. The van der Waals surface area contributed by atoms with Crippen molar-refractivity contribution in [1.82, 2.24) is 5.32 Å². The van der Waals surface area contributed by atoms with E-state index in [1.165, 1.54) is 0 Å². The van der Waals surface area contributed by atoms with E-state index in [9.17, 15) is 4.79 Å². The monoisotopic (exact) mass is 344 g/mol. The van der Waals surface area contributed by atoms with Gasteiger partial charge in [0.25, 0.3) is 0 Å². The molecule has 122 valence electrons. The van der Waals surface area contributed by atoms with Gasteiger partial charge in [-0.25, -0.2) is 0 Å². The second kappa shape index (κ2) is 6.65. The van der Waals surface area contributed by atoms with Gasteiger partial charge in [0.1, 0.15) is 5.75 Å². The lowest BCUT2D eigenvalue weighted by Crippen LogP contribution is -2.31. The molecule has 1 spiro atoms. The van der Waals surface area contributed by atoms with Gasteiger partial charge < -0.3 is 15.4 Å². The van der Waals surface area contributed by atoms with Gasteiger partial charge in [-0.2, -0.15) is 0 Å². The Kier molecular flexibility index (Phi) is 5.25. The number of carbonyl (C=O) groups excluding carboxylic acids is 1. The molecule has 1 unspecified atom stereocenters. The number of piperidine rings is 1. The van der Waals surface area contributed by atoms with E-state index in [0.717, 1.165) is 37.9 Å². The summed E-state index contributed by atoms with van der Waals surface area (Å²) in [4.78, 5) is 12.5. The summed E-state index contributed by atoms with van der Waals surface area (Å²) in [6, 6.07) is 3.62. The Morgan fingerprint density at radius 2 is 2.09 bits per heavy atom. The second-order valence-electron chi connectivity index (χ2n) is 6.16. The van der Waals surface area contributed by atoms with Crippen molar-refractivity contribution < 1.29 is 9.53 Å². The zero-order chi connectivity index (χ0) is 15.0. The van der Waals surface area contributed by atoms with Crippen LogP contribution in [-0.4, -0.2) is 26.1 Å². The van der Waals surface area contributed by atoms with Crippen LogP contribution in [0.25, 0.3) is 0 Å². The van der Waals surface area contributed by atoms with E-state index in [1.807, 2.05) is 13.0 Å². The second-order valence-corrected chi connectivity index (χ2v) is 6.57. The summed E-state index contributed by atoms with van der Waals surface area (Å²) in [5.41, 5.74) is 1.88. The summed E-state index contributed by atoms with van der Waals surface area (Å²) in [6.07, 6.45) is 3.21.